The first kappa shape index (κ1) is 28.4. The van der Waals surface area contributed by atoms with E-state index in [2.05, 4.69) is 16.8 Å². The standard InChI is InChI=1S/C18H16FN3O4.C10H10O3/c1-10(2)18(24)26-9-11-6-13(25-3)8-16(17(11)23)22-20-14-5-4-12(19)7-15(14)21-22;11-9-6-2-1-4-8(9)5-3-7-10(12)13/h4-8,23H,1,9H2,2-3H3;1-4,6-7,11H,5H2,(H,12,13). The van der Waals surface area contributed by atoms with Crippen LogP contribution in [0, 0.1) is 5.82 Å². The first-order valence-electron chi connectivity index (χ1n) is 11.5. The molecule has 3 aromatic carbocycles. The average Bonchev–Trinajstić information content (AvgIpc) is 3.32. The minimum Gasteiger partial charge on any atom is -0.508 e. The molecule has 202 valence electrons. The van der Waals surface area contributed by atoms with Gasteiger partial charge in [-0.3, -0.25) is 0 Å². The second-order valence-corrected chi connectivity index (χ2v) is 8.21. The monoisotopic (exact) mass is 535 g/mol. The number of methoxy groups -OCH3 is 1. The van der Waals surface area contributed by atoms with Crippen molar-refractivity contribution in [3.63, 3.8) is 0 Å². The van der Waals surface area contributed by atoms with Crippen molar-refractivity contribution < 1.29 is 38.8 Å². The van der Waals surface area contributed by atoms with Gasteiger partial charge in [-0.15, -0.1) is 15.0 Å². The summed E-state index contributed by atoms with van der Waals surface area (Å²) in [6.45, 7) is 4.85. The van der Waals surface area contributed by atoms with Crippen LogP contribution in [-0.4, -0.2) is 49.4 Å². The van der Waals surface area contributed by atoms with Crippen LogP contribution < -0.4 is 4.74 Å². The van der Waals surface area contributed by atoms with E-state index in [0.717, 1.165) is 11.6 Å². The molecule has 0 radical (unpaired) electrons. The summed E-state index contributed by atoms with van der Waals surface area (Å²) in [5, 5.41) is 36.6. The van der Waals surface area contributed by atoms with Gasteiger partial charge in [0.25, 0.3) is 0 Å². The Morgan fingerprint density at radius 2 is 1.77 bits per heavy atom. The molecule has 0 saturated heterocycles. The molecule has 39 heavy (non-hydrogen) atoms. The molecule has 0 amide bonds. The summed E-state index contributed by atoms with van der Waals surface area (Å²) in [5.41, 5.74) is 2.28. The zero-order valence-corrected chi connectivity index (χ0v) is 21.2. The molecule has 0 unspecified atom stereocenters. The number of aliphatic carboxylic acids is 1. The number of allylic oxidation sites excluding steroid dienone is 1. The molecule has 0 bridgehead atoms. The van der Waals surface area contributed by atoms with Gasteiger partial charge in [0, 0.05) is 29.3 Å². The third-order valence-corrected chi connectivity index (χ3v) is 5.23. The summed E-state index contributed by atoms with van der Waals surface area (Å²) >= 11 is 0. The Balaban J connectivity index is 0.000000272. The number of hydrogen-bond acceptors (Lipinski definition) is 8. The van der Waals surface area contributed by atoms with Crippen molar-refractivity contribution >= 4 is 23.0 Å². The van der Waals surface area contributed by atoms with Gasteiger partial charge in [0.2, 0.25) is 0 Å². The smallest absolute Gasteiger partial charge is 0.333 e. The first-order chi connectivity index (χ1) is 18.6. The SMILES string of the molecule is C=C(C)C(=O)OCc1cc(OC)cc(-n2nc3ccc(F)cc3n2)c1O.O=C(O)C=CCc1ccccc1O. The van der Waals surface area contributed by atoms with Gasteiger partial charge in [0.05, 0.1) is 7.11 Å². The zero-order chi connectivity index (χ0) is 28.5. The number of carboxylic acid groups (broad SMARTS) is 1. The largest absolute Gasteiger partial charge is 0.508 e. The number of fused-ring (bicyclic) bond motifs is 1. The first-order valence-corrected chi connectivity index (χ1v) is 11.5. The van der Waals surface area contributed by atoms with Gasteiger partial charge in [0.15, 0.2) is 0 Å². The fourth-order valence-corrected chi connectivity index (χ4v) is 3.26. The maximum atomic E-state index is 13.3. The lowest BCUT2D eigenvalue weighted by Gasteiger charge is -2.12. The molecule has 10 nitrogen and oxygen atoms in total. The highest BCUT2D eigenvalue weighted by molar-refractivity contribution is 5.87. The molecule has 4 aromatic rings. The summed E-state index contributed by atoms with van der Waals surface area (Å²) in [6, 6.07) is 13.9. The van der Waals surface area contributed by atoms with Gasteiger partial charge < -0.3 is 24.8 Å². The van der Waals surface area contributed by atoms with E-state index in [1.807, 2.05) is 0 Å². The molecule has 1 heterocycles. The minimum absolute atomic E-state index is 0.180. The van der Waals surface area contributed by atoms with Crippen LogP contribution in [0.5, 0.6) is 17.2 Å². The van der Waals surface area contributed by atoms with Crippen LogP contribution in [0.1, 0.15) is 18.1 Å². The number of esters is 1. The fraction of sp³-hybridized carbons (Fsp3) is 0.143. The number of rotatable bonds is 8. The van der Waals surface area contributed by atoms with Crippen molar-refractivity contribution in [1.29, 1.82) is 0 Å². The van der Waals surface area contributed by atoms with E-state index < -0.39 is 17.8 Å². The number of carbonyl (C=O) groups is 2. The molecule has 0 fully saturated rings. The maximum absolute atomic E-state index is 13.3. The average molecular weight is 536 g/mol. The van der Waals surface area contributed by atoms with Crippen LogP contribution in [0.3, 0.4) is 0 Å². The number of ether oxygens (including phenoxy) is 2. The molecule has 0 spiro atoms. The van der Waals surface area contributed by atoms with Gasteiger partial charge in [-0.1, -0.05) is 30.9 Å². The molecule has 0 atom stereocenters. The molecule has 1 aromatic heterocycles. The summed E-state index contributed by atoms with van der Waals surface area (Å²) in [4.78, 5) is 22.9. The number of carbonyl (C=O) groups excluding carboxylic acids is 1. The van der Waals surface area contributed by atoms with E-state index in [1.165, 1.54) is 55.2 Å². The minimum atomic E-state index is -0.976. The van der Waals surface area contributed by atoms with E-state index in [-0.39, 0.29) is 29.4 Å². The van der Waals surface area contributed by atoms with Gasteiger partial charge in [-0.2, -0.15) is 0 Å². The number of aromatic nitrogens is 3. The van der Waals surface area contributed by atoms with Crippen molar-refractivity contribution in [2.75, 3.05) is 7.11 Å². The molecule has 0 aliphatic carbocycles. The van der Waals surface area contributed by atoms with E-state index in [9.17, 15) is 24.2 Å². The van der Waals surface area contributed by atoms with Gasteiger partial charge in [-0.05, 0) is 43.2 Å². The van der Waals surface area contributed by atoms with Crippen LogP contribution in [0.15, 0.2) is 78.9 Å². The van der Waals surface area contributed by atoms with Gasteiger partial charge in [-0.25, -0.2) is 14.0 Å². The Hall–Kier alpha value is -5.19. The molecule has 11 heteroatoms. The van der Waals surface area contributed by atoms with Crippen molar-refractivity contribution in [1.82, 2.24) is 15.0 Å². The highest BCUT2D eigenvalue weighted by atomic mass is 19.1. The molecular formula is C28H26FN3O7. The number of aromatic hydroxyl groups is 2. The molecule has 0 aliphatic rings. The topological polar surface area (TPSA) is 144 Å². The summed E-state index contributed by atoms with van der Waals surface area (Å²) in [6.07, 6.45) is 2.99. The number of phenolic OH excluding ortho intramolecular Hbond substituents is 2. The highest BCUT2D eigenvalue weighted by Crippen LogP contribution is 2.32. The third-order valence-electron chi connectivity index (χ3n) is 5.23. The Morgan fingerprint density at radius 3 is 2.44 bits per heavy atom. The predicted octanol–water partition coefficient (Wildman–Crippen LogP) is 4.47. The molecule has 3 N–H and O–H groups in total. The number of carboxylic acids is 1. The molecule has 0 aliphatic heterocycles. The Bertz CT molecular complexity index is 1550. The van der Waals surface area contributed by atoms with Gasteiger partial charge in [0.1, 0.15) is 46.4 Å². The summed E-state index contributed by atoms with van der Waals surface area (Å²) in [7, 11) is 1.46. The van der Waals surface area contributed by atoms with Crippen LogP contribution in [0.4, 0.5) is 4.39 Å². The van der Waals surface area contributed by atoms with Gasteiger partial charge >= 0.3 is 11.9 Å². The second kappa shape index (κ2) is 12.9. The van der Waals surface area contributed by atoms with Crippen molar-refractivity contribution in [2.24, 2.45) is 0 Å². The fourth-order valence-electron chi connectivity index (χ4n) is 3.26. The lowest BCUT2D eigenvalue weighted by Crippen LogP contribution is -2.07. The van der Waals surface area contributed by atoms with Crippen molar-refractivity contribution in [2.45, 2.75) is 20.0 Å². The van der Waals surface area contributed by atoms with E-state index >= 15 is 0 Å². The summed E-state index contributed by atoms with van der Waals surface area (Å²) < 4.78 is 23.7. The van der Waals surface area contributed by atoms with Crippen LogP contribution in [0.2, 0.25) is 0 Å². The normalized spacial score (nSPS) is 10.6. The Kier molecular flexibility index (Phi) is 9.36. The number of hydrogen-bond donors (Lipinski definition) is 3. The zero-order valence-electron chi connectivity index (χ0n) is 21.2. The van der Waals surface area contributed by atoms with E-state index in [0.29, 0.717) is 28.8 Å². The molecular weight excluding hydrogens is 509 g/mol. The lowest BCUT2D eigenvalue weighted by molar-refractivity contribution is -0.140. The van der Waals surface area contributed by atoms with E-state index in [4.69, 9.17) is 14.6 Å². The number of halogens is 1. The Labute approximate surface area is 222 Å². The van der Waals surface area contributed by atoms with Crippen molar-refractivity contribution in [3.8, 4) is 22.9 Å². The summed E-state index contributed by atoms with van der Waals surface area (Å²) in [5.74, 6) is -1.57. The van der Waals surface area contributed by atoms with Crippen LogP contribution >= 0.6 is 0 Å². The maximum Gasteiger partial charge on any atom is 0.333 e. The third kappa shape index (κ3) is 7.65. The number of phenols is 2. The lowest BCUT2D eigenvalue weighted by atomic mass is 10.1. The number of nitrogens with zero attached hydrogens (tertiary/aromatic N) is 3. The highest BCUT2D eigenvalue weighted by Gasteiger charge is 2.17. The second-order valence-electron chi connectivity index (χ2n) is 8.21. The predicted molar refractivity (Wildman–Crippen MR) is 140 cm³/mol. The number of benzene rings is 3. The van der Waals surface area contributed by atoms with Crippen LogP contribution in [0.25, 0.3) is 16.7 Å². The molecule has 4 rings (SSSR count). The van der Waals surface area contributed by atoms with Crippen LogP contribution in [-0.2, 0) is 27.4 Å². The van der Waals surface area contributed by atoms with Crippen molar-refractivity contribution in [3.05, 3.63) is 95.8 Å². The van der Waals surface area contributed by atoms with E-state index in [1.54, 1.807) is 24.3 Å². The molecule has 0 saturated carbocycles. The number of para-hydroxylation sites is 1. The quantitative estimate of drug-likeness (QED) is 0.220. The Morgan fingerprint density at radius 1 is 1.05 bits per heavy atom.